The molecule has 2 aromatic heterocycles. The van der Waals surface area contributed by atoms with Crippen LogP contribution in [-0.4, -0.2) is 41.9 Å². The number of aryl methyl sites for hydroxylation is 1. The van der Waals surface area contributed by atoms with E-state index in [-0.39, 0.29) is 5.56 Å². The fourth-order valence-electron chi connectivity index (χ4n) is 3.54. The third kappa shape index (κ3) is 7.53. The Morgan fingerprint density at radius 3 is 2.30 bits per heavy atom. The maximum atomic E-state index is 13.3. The molecule has 0 aliphatic carbocycles. The highest BCUT2D eigenvalue weighted by molar-refractivity contribution is 7.85. The van der Waals surface area contributed by atoms with Crippen LogP contribution in [0.1, 0.15) is 6.92 Å². The Bertz CT molecular complexity index is 1580. The highest BCUT2D eigenvalue weighted by Gasteiger charge is 2.15. The third-order valence-electron chi connectivity index (χ3n) is 5.10. The minimum atomic E-state index is -3.67. The molecule has 0 fully saturated rings. The van der Waals surface area contributed by atoms with Crippen LogP contribution in [0.3, 0.4) is 0 Å². The fourth-order valence-corrected chi connectivity index (χ4v) is 3.76. The zero-order valence-corrected chi connectivity index (χ0v) is 21.9. The highest BCUT2D eigenvalue weighted by Crippen LogP contribution is 2.31. The number of anilines is 3. The average Bonchev–Trinajstić information content (AvgIpc) is 2.84. The number of nitrogens with zero attached hydrogens (tertiary/aromatic N) is 2. The summed E-state index contributed by atoms with van der Waals surface area (Å²) in [6.07, 6.45) is 2.44. The predicted molar refractivity (Wildman–Crippen MR) is 148 cm³/mol. The van der Waals surface area contributed by atoms with Gasteiger partial charge in [-0.15, -0.1) is 0 Å². The fraction of sp³-hybridized carbons (Fsp3) is 0.160. The van der Waals surface area contributed by atoms with Crippen LogP contribution in [0.5, 0.6) is 0 Å². The van der Waals surface area contributed by atoms with Gasteiger partial charge in [-0.2, -0.15) is 8.42 Å². The molecule has 194 valence electrons. The van der Waals surface area contributed by atoms with Crippen LogP contribution >= 0.6 is 11.6 Å². The average molecular weight is 544 g/mol. The van der Waals surface area contributed by atoms with Crippen molar-refractivity contribution in [2.75, 3.05) is 29.3 Å². The van der Waals surface area contributed by atoms with Gasteiger partial charge >= 0.3 is 6.03 Å². The minimum Gasteiger partial charge on any atom is -0.373 e. The number of para-hydroxylation sites is 1. The Balaban J connectivity index is 0.000000695. The van der Waals surface area contributed by atoms with E-state index in [4.69, 9.17) is 16.2 Å². The molecule has 10 nitrogen and oxygen atoms in total. The second-order valence-corrected chi connectivity index (χ2v) is 9.73. The molecule has 0 atom stereocenters. The number of hydrogen-bond acceptors (Lipinski definition) is 6. The summed E-state index contributed by atoms with van der Waals surface area (Å²) in [5.74, 6) is 0.681. The standard InChI is InChI=1S/C24H22ClN5O2.CH4O3S/c1-3-30-21-13-22(26-2)27-14-15(21)11-19(23(30)31)18-12-17(9-10-20(18)25)29-24(32)28-16-7-5-4-6-8-16;1-5(2,3)4/h4-14H,3H2,1-2H3,(H,26,27)(H2,28,29,32);1H3,(H,2,3,4). The number of benzene rings is 2. The van der Waals surface area contributed by atoms with E-state index in [1.165, 1.54) is 0 Å². The first kappa shape index (κ1) is 27.7. The zero-order valence-electron chi connectivity index (χ0n) is 20.3. The summed E-state index contributed by atoms with van der Waals surface area (Å²) in [6.45, 7) is 2.41. The van der Waals surface area contributed by atoms with Gasteiger partial charge in [-0.1, -0.05) is 29.8 Å². The minimum absolute atomic E-state index is 0.166. The Hall–Kier alpha value is -3.93. The first-order chi connectivity index (χ1) is 17.5. The summed E-state index contributed by atoms with van der Waals surface area (Å²) in [4.78, 5) is 30.0. The number of amides is 2. The highest BCUT2D eigenvalue weighted by atomic mass is 35.5. The largest absolute Gasteiger partial charge is 0.373 e. The normalized spacial score (nSPS) is 10.8. The monoisotopic (exact) mass is 543 g/mol. The number of carbonyl (C=O) groups excluding carboxylic acids is 1. The van der Waals surface area contributed by atoms with Crippen LogP contribution in [0.4, 0.5) is 22.0 Å². The molecule has 0 unspecified atom stereocenters. The lowest BCUT2D eigenvalue weighted by Gasteiger charge is -2.14. The first-order valence-corrected chi connectivity index (χ1v) is 13.3. The lowest BCUT2D eigenvalue weighted by molar-refractivity contribution is 0.262. The van der Waals surface area contributed by atoms with E-state index in [1.54, 1.807) is 54.2 Å². The summed E-state index contributed by atoms with van der Waals surface area (Å²) < 4.78 is 27.6. The number of rotatable bonds is 5. The molecule has 37 heavy (non-hydrogen) atoms. The predicted octanol–water partition coefficient (Wildman–Crippen LogP) is 4.93. The lowest BCUT2D eigenvalue weighted by Crippen LogP contribution is -2.22. The zero-order chi connectivity index (χ0) is 27.2. The van der Waals surface area contributed by atoms with E-state index < -0.39 is 16.1 Å². The van der Waals surface area contributed by atoms with Crippen molar-refractivity contribution in [1.29, 1.82) is 0 Å². The van der Waals surface area contributed by atoms with E-state index in [1.807, 2.05) is 31.2 Å². The van der Waals surface area contributed by atoms with Crippen molar-refractivity contribution in [2.24, 2.45) is 0 Å². The topological polar surface area (TPSA) is 142 Å². The summed E-state index contributed by atoms with van der Waals surface area (Å²) in [6, 6.07) is 17.4. The Morgan fingerprint density at radius 1 is 1.03 bits per heavy atom. The second-order valence-electron chi connectivity index (χ2n) is 7.86. The first-order valence-electron chi connectivity index (χ1n) is 11.1. The van der Waals surface area contributed by atoms with Crippen molar-refractivity contribution in [1.82, 2.24) is 9.55 Å². The number of aromatic nitrogens is 2. The van der Waals surface area contributed by atoms with Crippen LogP contribution in [0.15, 0.2) is 71.7 Å². The Kier molecular flexibility index (Phi) is 8.87. The van der Waals surface area contributed by atoms with Gasteiger partial charge in [0.1, 0.15) is 5.82 Å². The van der Waals surface area contributed by atoms with Gasteiger partial charge in [-0.25, -0.2) is 9.78 Å². The summed E-state index contributed by atoms with van der Waals surface area (Å²) in [5.41, 5.74) is 2.79. The molecule has 0 radical (unpaired) electrons. The van der Waals surface area contributed by atoms with Gasteiger partial charge in [-0.05, 0) is 43.3 Å². The Morgan fingerprint density at radius 2 is 1.68 bits per heavy atom. The van der Waals surface area contributed by atoms with E-state index in [0.717, 1.165) is 10.9 Å². The van der Waals surface area contributed by atoms with Gasteiger partial charge in [0.15, 0.2) is 0 Å². The molecule has 12 heteroatoms. The molecule has 2 amide bonds. The Labute approximate surface area is 219 Å². The quantitative estimate of drug-likeness (QED) is 0.261. The molecule has 0 spiro atoms. The SMILES string of the molecule is CCn1c(=O)c(-c2cc(NC(=O)Nc3ccccc3)ccc2Cl)cc2cnc(NC)cc21.CS(=O)(=O)O. The molecule has 2 aromatic carbocycles. The van der Waals surface area contributed by atoms with Crippen LogP contribution in [0.25, 0.3) is 22.0 Å². The van der Waals surface area contributed by atoms with Crippen molar-refractivity contribution in [3.63, 3.8) is 0 Å². The van der Waals surface area contributed by atoms with Crippen LogP contribution in [-0.2, 0) is 16.7 Å². The molecular formula is C25H26ClN5O5S. The van der Waals surface area contributed by atoms with Gasteiger partial charge in [0, 0.05) is 58.8 Å². The number of halogens is 1. The molecule has 0 saturated carbocycles. The summed E-state index contributed by atoms with van der Waals surface area (Å²) >= 11 is 6.46. The van der Waals surface area contributed by atoms with Crippen LogP contribution < -0.4 is 21.5 Å². The lowest BCUT2D eigenvalue weighted by atomic mass is 10.0. The molecule has 0 saturated heterocycles. The van der Waals surface area contributed by atoms with E-state index in [9.17, 15) is 18.0 Å². The van der Waals surface area contributed by atoms with Crippen molar-refractivity contribution in [2.45, 2.75) is 13.5 Å². The smallest absolute Gasteiger partial charge is 0.323 e. The van der Waals surface area contributed by atoms with Gasteiger partial charge in [0.05, 0.1) is 11.8 Å². The maximum Gasteiger partial charge on any atom is 0.323 e. The third-order valence-corrected chi connectivity index (χ3v) is 5.43. The van der Waals surface area contributed by atoms with E-state index >= 15 is 0 Å². The number of nitrogens with one attached hydrogen (secondary N) is 3. The van der Waals surface area contributed by atoms with Gasteiger partial charge in [0.25, 0.3) is 15.7 Å². The van der Waals surface area contributed by atoms with Gasteiger partial charge < -0.3 is 20.5 Å². The van der Waals surface area contributed by atoms with Gasteiger partial charge in [-0.3, -0.25) is 9.35 Å². The van der Waals surface area contributed by atoms with Crippen molar-refractivity contribution in [3.05, 3.63) is 82.2 Å². The van der Waals surface area contributed by atoms with Crippen LogP contribution in [0.2, 0.25) is 5.02 Å². The number of urea groups is 1. The molecule has 2 heterocycles. The molecule has 4 aromatic rings. The molecule has 0 bridgehead atoms. The summed E-state index contributed by atoms with van der Waals surface area (Å²) in [7, 11) is -1.89. The van der Waals surface area contributed by atoms with Crippen molar-refractivity contribution < 1.29 is 17.8 Å². The second kappa shape index (κ2) is 11.9. The molecule has 0 aliphatic heterocycles. The van der Waals surface area contributed by atoms with Crippen LogP contribution in [0, 0.1) is 0 Å². The number of carbonyl (C=O) groups is 1. The molecule has 0 aliphatic rings. The number of pyridine rings is 2. The maximum absolute atomic E-state index is 13.3. The molecule has 4 rings (SSSR count). The molecule has 4 N–H and O–H groups in total. The summed E-state index contributed by atoms with van der Waals surface area (Å²) in [5, 5.41) is 9.78. The van der Waals surface area contributed by atoms with Crippen molar-refractivity contribution >= 4 is 55.8 Å². The van der Waals surface area contributed by atoms with E-state index in [2.05, 4.69) is 20.9 Å². The van der Waals surface area contributed by atoms with E-state index in [0.29, 0.717) is 46.1 Å². The number of fused-ring (bicyclic) bond motifs is 1. The van der Waals surface area contributed by atoms with Crippen molar-refractivity contribution in [3.8, 4) is 11.1 Å². The van der Waals surface area contributed by atoms with Gasteiger partial charge in [0.2, 0.25) is 0 Å². The molecular weight excluding hydrogens is 518 g/mol. The number of hydrogen-bond donors (Lipinski definition) is 4.